The maximum atomic E-state index is 13.4. The summed E-state index contributed by atoms with van der Waals surface area (Å²) < 4.78 is 5.39. The van der Waals surface area contributed by atoms with E-state index in [9.17, 15) is 9.59 Å². The summed E-state index contributed by atoms with van der Waals surface area (Å²) in [5.74, 6) is 0.728. The van der Waals surface area contributed by atoms with Crippen LogP contribution in [0.5, 0.6) is 5.75 Å². The van der Waals surface area contributed by atoms with Crippen LogP contribution in [-0.4, -0.2) is 45.6 Å². The quantitative estimate of drug-likeness (QED) is 0.855. The van der Waals surface area contributed by atoms with Crippen LogP contribution in [0.2, 0.25) is 0 Å². The molecule has 2 fully saturated rings. The highest BCUT2D eigenvalue weighted by molar-refractivity contribution is 5.93. The highest BCUT2D eigenvalue weighted by Gasteiger charge is 2.52. The molecule has 2 N–H and O–H groups in total. The molecule has 0 bridgehead atoms. The van der Waals surface area contributed by atoms with Gasteiger partial charge in [-0.1, -0.05) is 18.6 Å². The van der Waals surface area contributed by atoms with Crippen LogP contribution >= 0.6 is 0 Å². The number of carbonyl (C=O) groups excluding carboxylic acids is 2. The molecule has 2 amide bonds. The fourth-order valence-corrected chi connectivity index (χ4v) is 4.68. The Bertz CT molecular complexity index is 866. The van der Waals surface area contributed by atoms with E-state index in [1.165, 1.54) is 0 Å². The molecular weight excluding hydrogens is 356 g/mol. The molecule has 4 rings (SSSR count). The van der Waals surface area contributed by atoms with Crippen LogP contribution in [0.15, 0.2) is 36.5 Å². The Morgan fingerprint density at radius 2 is 2.18 bits per heavy atom. The van der Waals surface area contributed by atoms with E-state index in [1.807, 2.05) is 29.2 Å². The van der Waals surface area contributed by atoms with Gasteiger partial charge in [-0.2, -0.15) is 5.10 Å². The number of aromatic nitrogens is 2. The van der Waals surface area contributed by atoms with Gasteiger partial charge in [-0.25, -0.2) is 0 Å². The van der Waals surface area contributed by atoms with Crippen LogP contribution in [0.1, 0.15) is 61.1 Å². The Balaban J connectivity index is 1.78. The summed E-state index contributed by atoms with van der Waals surface area (Å²) in [4.78, 5) is 27.8. The molecule has 2 aliphatic rings. The summed E-state index contributed by atoms with van der Waals surface area (Å²) in [6.45, 7) is 2.06. The number of nitrogens with one attached hydrogen (secondary N) is 2. The van der Waals surface area contributed by atoms with Crippen molar-refractivity contribution < 1.29 is 14.3 Å². The first-order valence-electron chi connectivity index (χ1n) is 9.79. The van der Waals surface area contributed by atoms with E-state index < -0.39 is 5.54 Å². The molecule has 28 heavy (non-hydrogen) atoms. The van der Waals surface area contributed by atoms with Gasteiger partial charge in [-0.3, -0.25) is 14.7 Å². The van der Waals surface area contributed by atoms with Crippen molar-refractivity contribution in [3.63, 3.8) is 0 Å². The Hall–Kier alpha value is -2.83. The van der Waals surface area contributed by atoms with Gasteiger partial charge in [-0.15, -0.1) is 0 Å². The van der Waals surface area contributed by atoms with Crippen molar-refractivity contribution in [1.82, 2.24) is 20.4 Å². The zero-order valence-corrected chi connectivity index (χ0v) is 16.3. The fourth-order valence-electron chi connectivity index (χ4n) is 4.68. The molecule has 7 heteroatoms. The lowest BCUT2D eigenvalue weighted by Gasteiger charge is -2.38. The number of H-pyrrole nitrogens is 1. The Morgan fingerprint density at radius 1 is 1.32 bits per heavy atom. The Morgan fingerprint density at radius 3 is 2.93 bits per heavy atom. The molecule has 0 radical (unpaired) electrons. The number of fused-ring (bicyclic) bond motifs is 1. The number of hydrogen-bond acceptors (Lipinski definition) is 4. The summed E-state index contributed by atoms with van der Waals surface area (Å²) in [6.07, 6.45) is 5.41. The van der Waals surface area contributed by atoms with Crippen LogP contribution in [-0.2, 0) is 4.79 Å². The molecule has 2 saturated heterocycles. The van der Waals surface area contributed by atoms with E-state index in [1.54, 1.807) is 19.4 Å². The molecule has 0 spiro atoms. The first-order valence-corrected chi connectivity index (χ1v) is 9.79. The number of ether oxygens (including phenoxy) is 1. The number of nitrogens with zero attached hydrogens (tertiary/aromatic N) is 2. The number of hydrogen-bond donors (Lipinski definition) is 2. The number of carbonyl (C=O) groups is 2. The lowest BCUT2D eigenvalue weighted by atomic mass is 9.85. The molecule has 0 saturated carbocycles. The molecule has 0 unspecified atom stereocenters. The van der Waals surface area contributed by atoms with Crippen molar-refractivity contribution in [3.05, 3.63) is 47.8 Å². The molecule has 0 aliphatic carbocycles. The molecule has 148 valence electrons. The smallest absolute Gasteiger partial charge is 0.272 e. The van der Waals surface area contributed by atoms with Crippen molar-refractivity contribution >= 4 is 11.8 Å². The van der Waals surface area contributed by atoms with Gasteiger partial charge < -0.3 is 15.0 Å². The van der Waals surface area contributed by atoms with Crippen LogP contribution in [0.3, 0.4) is 0 Å². The van der Waals surface area contributed by atoms with Crippen molar-refractivity contribution in [2.75, 3.05) is 7.11 Å². The third-order valence-electron chi connectivity index (χ3n) is 6.03. The van der Waals surface area contributed by atoms with E-state index in [0.29, 0.717) is 18.5 Å². The third-order valence-corrected chi connectivity index (χ3v) is 6.03. The van der Waals surface area contributed by atoms with Crippen molar-refractivity contribution in [2.24, 2.45) is 0 Å². The number of amides is 2. The van der Waals surface area contributed by atoms with Crippen LogP contribution < -0.4 is 10.1 Å². The largest absolute Gasteiger partial charge is 0.497 e. The number of benzene rings is 1. The minimum absolute atomic E-state index is 0.0624. The maximum absolute atomic E-state index is 13.4. The molecule has 2 aliphatic heterocycles. The highest BCUT2D eigenvalue weighted by Crippen LogP contribution is 2.46. The number of aromatic amines is 1. The maximum Gasteiger partial charge on any atom is 0.272 e. The summed E-state index contributed by atoms with van der Waals surface area (Å²) in [6, 6.07) is 9.29. The molecular formula is C21H26N4O3. The highest BCUT2D eigenvalue weighted by atomic mass is 16.5. The fraction of sp³-hybridized carbons (Fsp3) is 0.476. The molecule has 2 aromatic rings. The number of likely N-dealkylation sites (tertiary alicyclic amines) is 1. The number of rotatable bonds is 3. The predicted molar refractivity (Wildman–Crippen MR) is 104 cm³/mol. The summed E-state index contributed by atoms with van der Waals surface area (Å²) in [7, 11) is 1.64. The van der Waals surface area contributed by atoms with Crippen LogP contribution in [0.4, 0.5) is 0 Å². The predicted octanol–water partition coefficient (Wildman–Crippen LogP) is 2.82. The van der Waals surface area contributed by atoms with Crippen LogP contribution in [0.25, 0.3) is 0 Å². The third kappa shape index (κ3) is 3.25. The summed E-state index contributed by atoms with van der Waals surface area (Å²) in [5, 5.41) is 9.97. The Kier molecular flexibility index (Phi) is 4.83. The second-order valence-corrected chi connectivity index (χ2v) is 7.91. The summed E-state index contributed by atoms with van der Waals surface area (Å²) in [5.41, 5.74) is 1.00. The van der Waals surface area contributed by atoms with E-state index in [4.69, 9.17) is 4.74 Å². The second kappa shape index (κ2) is 7.30. The monoisotopic (exact) mass is 382 g/mol. The van der Waals surface area contributed by atoms with E-state index >= 15 is 0 Å². The minimum Gasteiger partial charge on any atom is -0.497 e. The summed E-state index contributed by atoms with van der Waals surface area (Å²) >= 11 is 0. The molecule has 7 nitrogen and oxygen atoms in total. The topological polar surface area (TPSA) is 87.3 Å². The minimum atomic E-state index is -0.471. The Labute approximate surface area is 164 Å². The second-order valence-electron chi connectivity index (χ2n) is 7.91. The average Bonchev–Trinajstić information content (AvgIpc) is 3.30. The molecule has 1 aromatic heterocycles. The average molecular weight is 382 g/mol. The van der Waals surface area contributed by atoms with Crippen molar-refractivity contribution in [3.8, 4) is 5.75 Å². The SMILES string of the molecule is COc1cccc([C@@H]2C[C@]3(C)NC(=O)CCCC[C@@H]3N2C(=O)c2ccn[nH]2)c1. The van der Waals surface area contributed by atoms with Crippen molar-refractivity contribution in [2.45, 2.75) is 56.7 Å². The normalized spacial score (nSPS) is 27.5. The van der Waals surface area contributed by atoms with Gasteiger partial charge >= 0.3 is 0 Å². The van der Waals surface area contributed by atoms with Gasteiger partial charge in [0, 0.05) is 12.6 Å². The van der Waals surface area contributed by atoms with E-state index in [2.05, 4.69) is 22.4 Å². The molecule has 3 heterocycles. The van der Waals surface area contributed by atoms with Gasteiger partial charge in [0.05, 0.1) is 24.7 Å². The lowest BCUT2D eigenvalue weighted by molar-refractivity contribution is -0.123. The van der Waals surface area contributed by atoms with E-state index in [0.717, 1.165) is 30.6 Å². The lowest BCUT2D eigenvalue weighted by Crippen LogP contribution is -2.56. The van der Waals surface area contributed by atoms with Gasteiger partial charge in [0.25, 0.3) is 5.91 Å². The molecule has 3 atom stereocenters. The van der Waals surface area contributed by atoms with Gasteiger partial charge in [0.1, 0.15) is 11.4 Å². The van der Waals surface area contributed by atoms with E-state index in [-0.39, 0.29) is 23.9 Å². The number of methoxy groups -OCH3 is 1. The zero-order valence-electron chi connectivity index (χ0n) is 16.3. The van der Waals surface area contributed by atoms with Gasteiger partial charge in [0.2, 0.25) is 5.91 Å². The van der Waals surface area contributed by atoms with Gasteiger partial charge in [0.15, 0.2) is 0 Å². The molecule has 1 aromatic carbocycles. The van der Waals surface area contributed by atoms with Gasteiger partial charge in [-0.05, 0) is 49.9 Å². The van der Waals surface area contributed by atoms with Crippen LogP contribution in [0, 0.1) is 0 Å². The zero-order chi connectivity index (χ0) is 19.7. The standard InChI is InChI=1S/C21H26N4O3/c1-21-13-17(14-6-5-7-15(12-14)28-2)25(20(27)16-10-11-22-24-16)18(21)8-3-4-9-19(26)23-21/h5-7,10-12,17-18H,3-4,8-9,13H2,1-2H3,(H,22,24)(H,23,26)/t17-,18-,21-/m0/s1. The first-order chi connectivity index (χ1) is 13.5. The first kappa shape index (κ1) is 18.5. The van der Waals surface area contributed by atoms with Crippen molar-refractivity contribution in [1.29, 1.82) is 0 Å².